The van der Waals surface area contributed by atoms with Crippen LogP contribution in [0.1, 0.15) is 10.4 Å². The van der Waals surface area contributed by atoms with Gasteiger partial charge in [0.15, 0.2) is 5.11 Å². The first kappa shape index (κ1) is 14.5. The number of nitrogens with zero attached hydrogens (tertiary/aromatic N) is 2. The molecule has 0 aliphatic carbocycles. The normalized spacial score (nSPS) is 15.1. The first-order valence-electron chi connectivity index (χ1n) is 6.46. The van der Waals surface area contributed by atoms with Crippen LogP contribution in [-0.4, -0.2) is 22.5 Å². The number of carbonyl (C=O) groups excluding carboxylic acids is 1. The van der Waals surface area contributed by atoms with Crippen molar-refractivity contribution in [3.63, 3.8) is 0 Å². The van der Waals surface area contributed by atoms with E-state index in [4.69, 9.17) is 23.8 Å². The SMILES string of the molecule is Cc1ccsc1CN1CC(=O)N(c2ccc(Cl)cc2)C1=S. The van der Waals surface area contributed by atoms with Gasteiger partial charge in [0.25, 0.3) is 5.91 Å². The van der Waals surface area contributed by atoms with E-state index in [1.807, 2.05) is 17.0 Å². The Morgan fingerprint density at radius 1 is 1.29 bits per heavy atom. The maximum absolute atomic E-state index is 12.3. The van der Waals surface area contributed by atoms with E-state index >= 15 is 0 Å². The zero-order valence-corrected chi connectivity index (χ0v) is 13.8. The minimum absolute atomic E-state index is 0.00321. The van der Waals surface area contributed by atoms with Crippen LogP contribution in [0.5, 0.6) is 0 Å². The predicted octanol–water partition coefficient (Wildman–Crippen LogP) is 3.84. The van der Waals surface area contributed by atoms with Gasteiger partial charge in [0, 0.05) is 9.90 Å². The average Bonchev–Trinajstić information content (AvgIpc) is 2.97. The molecule has 3 nitrogen and oxygen atoms in total. The molecule has 1 fully saturated rings. The molecule has 0 radical (unpaired) electrons. The van der Waals surface area contributed by atoms with Gasteiger partial charge in [0.2, 0.25) is 0 Å². The van der Waals surface area contributed by atoms with Gasteiger partial charge in [-0.2, -0.15) is 0 Å². The Morgan fingerprint density at radius 3 is 2.62 bits per heavy atom. The van der Waals surface area contributed by atoms with E-state index in [9.17, 15) is 4.79 Å². The van der Waals surface area contributed by atoms with Crippen molar-refractivity contribution in [2.24, 2.45) is 0 Å². The molecule has 1 amide bonds. The summed E-state index contributed by atoms with van der Waals surface area (Å²) in [6.07, 6.45) is 0. The lowest BCUT2D eigenvalue weighted by Crippen LogP contribution is -2.32. The van der Waals surface area contributed by atoms with Crippen molar-refractivity contribution in [3.8, 4) is 0 Å². The molecule has 2 aromatic rings. The topological polar surface area (TPSA) is 23.6 Å². The van der Waals surface area contributed by atoms with Gasteiger partial charge < -0.3 is 4.90 Å². The summed E-state index contributed by atoms with van der Waals surface area (Å²) in [4.78, 5) is 17.0. The fourth-order valence-corrected chi connectivity index (χ4v) is 3.64. The summed E-state index contributed by atoms with van der Waals surface area (Å²) in [6.45, 7) is 3.07. The molecule has 1 aliphatic rings. The van der Waals surface area contributed by atoms with E-state index in [1.165, 1.54) is 10.4 Å². The summed E-state index contributed by atoms with van der Waals surface area (Å²) in [5.41, 5.74) is 2.00. The summed E-state index contributed by atoms with van der Waals surface area (Å²) in [5, 5.41) is 3.25. The largest absolute Gasteiger partial charge is 0.334 e. The summed E-state index contributed by atoms with van der Waals surface area (Å²) in [5.74, 6) is -0.00321. The first-order valence-corrected chi connectivity index (χ1v) is 8.13. The Hall–Kier alpha value is -1.43. The van der Waals surface area contributed by atoms with Gasteiger partial charge >= 0.3 is 0 Å². The molecule has 0 spiro atoms. The average molecular weight is 337 g/mol. The van der Waals surface area contributed by atoms with Crippen LogP contribution in [0.15, 0.2) is 35.7 Å². The molecular weight excluding hydrogens is 324 g/mol. The number of carbonyl (C=O) groups is 1. The Morgan fingerprint density at radius 2 is 2.00 bits per heavy atom. The van der Waals surface area contributed by atoms with Gasteiger partial charge in [-0.15, -0.1) is 11.3 Å². The van der Waals surface area contributed by atoms with Gasteiger partial charge in [0.1, 0.15) is 6.54 Å². The maximum atomic E-state index is 12.3. The third-order valence-corrected chi connectivity index (χ3v) is 5.13. The van der Waals surface area contributed by atoms with E-state index in [-0.39, 0.29) is 5.91 Å². The second kappa shape index (κ2) is 5.75. The monoisotopic (exact) mass is 336 g/mol. The number of thiophene rings is 1. The van der Waals surface area contributed by atoms with Crippen molar-refractivity contribution in [3.05, 3.63) is 51.2 Å². The van der Waals surface area contributed by atoms with E-state index in [2.05, 4.69) is 18.4 Å². The number of rotatable bonds is 3. The van der Waals surface area contributed by atoms with E-state index < -0.39 is 0 Å². The summed E-state index contributed by atoms with van der Waals surface area (Å²) in [6, 6.07) is 9.23. The van der Waals surface area contributed by atoms with Crippen LogP contribution in [0.4, 0.5) is 5.69 Å². The zero-order chi connectivity index (χ0) is 15.0. The molecule has 0 atom stereocenters. The number of halogens is 1. The van der Waals surface area contributed by atoms with Crippen LogP contribution in [0, 0.1) is 6.92 Å². The molecule has 0 saturated carbocycles. The van der Waals surface area contributed by atoms with Crippen LogP contribution < -0.4 is 4.90 Å². The highest BCUT2D eigenvalue weighted by Gasteiger charge is 2.34. The fourth-order valence-electron chi connectivity index (χ4n) is 2.26. The number of anilines is 1. The Balaban J connectivity index is 1.82. The molecule has 0 bridgehead atoms. The van der Waals surface area contributed by atoms with Gasteiger partial charge in [-0.05, 0) is 60.4 Å². The van der Waals surface area contributed by atoms with E-state index in [0.29, 0.717) is 23.2 Å². The number of thiocarbonyl (C=S) groups is 1. The van der Waals surface area contributed by atoms with Crippen molar-refractivity contribution < 1.29 is 4.79 Å². The van der Waals surface area contributed by atoms with Crippen molar-refractivity contribution in [1.29, 1.82) is 0 Å². The highest BCUT2D eigenvalue weighted by molar-refractivity contribution is 7.80. The van der Waals surface area contributed by atoms with Crippen LogP contribution in [0.3, 0.4) is 0 Å². The smallest absolute Gasteiger partial charge is 0.252 e. The zero-order valence-electron chi connectivity index (χ0n) is 11.4. The van der Waals surface area contributed by atoms with E-state index in [1.54, 1.807) is 28.4 Å². The molecule has 1 aromatic carbocycles. The highest BCUT2D eigenvalue weighted by atomic mass is 35.5. The summed E-state index contributed by atoms with van der Waals surface area (Å²) < 4.78 is 0. The van der Waals surface area contributed by atoms with Crippen molar-refractivity contribution in [2.75, 3.05) is 11.4 Å². The second-order valence-corrected chi connectivity index (χ2v) is 6.67. The van der Waals surface area contributed by atoms with Gasteiger partial charge in [-0.3, -0.25) is 9.69 Å². The molecule has 1 aliphatic heterocycles. The van der Waals surface area contributed by atoms with Crippen LogP contribution in [0.2, 0.25) is 5.02 Å². The molecule has 1 aromatic heterocycles. The van der Waals surface area contributed by atoms with Gasteiger partial charge in [-0.1, -0.05) is 11.6 Å². The molecule has 21 heavy (non-hydrogen) atoms. The number of aryl methyl sites for hydroxylation is 1. The van der Waals surface area contributed by atoms with Crippen molar-refractivity contribution in [1.82, 2.24) is 4.90 Å². The third kappa shape index (κ3) is 2.81. The second-order valence-electron chi connectivity index (χ2n) is 4.87. The fraction of sp³-hybridized carbons (Fsp3) is 0.200. The number of amides is 1. The standard InChI is InChI=1S/C15H13ClN2OS2/c1-10-6-7-21-13(10)8-17-9-14(19)18(15(17)20)12-4-2-11(16)3-5-12/h2-7H,8-9H2,1H3. The lowest BCUT2D eigenvalue weighted by atomic mass is 10.3. The van der Waals surface area contributed by atoms with Crippen LogP contribution >= 0.6 is 35.2 Å². The maximum Gasteiger partial charge on any atom is 0.252 e. The first-order chi connectivity index (χ1) is 10.1. The Bertz CT molecular complexity index is 696. The van der Waals surface area contributed by atoms with Crippen molar-refractivity contribution in [2.45, 2.75) is 13.5 Å². The number of benzene rings is 1. The Labute approximate surface area is 137 Å². The number of hydrogen-bond donors (Lipinski definition) is 0. The minimum Gasteiger partial charge on any atom is -0.334 e. The predicted molar refractivity (Wildman–Crippen MR) is 91.0 cm³/mol. The lowest BCUT2D eigenvalue weighted by Gasteiger charge is -2.20. The van der Waals surface area contributed by atoms with Crippen LogP contribution in [-0.2, 0) is 11.3 Å². The van der Waals surface area contributed by atoms with Gasteiger partial charge in [-0.25, -0.2) is 0 Å². The molecule has 2 heterocycles. The van der Waals surface area contributed by atoms with E-state index in [0.717, 1.165) is 5.69 Å². The molecule has 3 rings (SSSR count). The molecule has 0 unspecified atom stereocenters. The molecule has 1 saturated heterocycles. The molecule has 108 valence electrons. The Kier molecular flexibility index (Phi) is 3.97. The minimum atomic E-state index is -0.00321. The third-order valence-electron chi connectivity index (χ3n) is 3.42. The summed E-state index contributed by atoms with van der Waals surface area (Å²) in [7, 11) is 0. The van der Waals surface area contributed by atoms with Gasteiger partial charge in [0.05, 0.1) is 12.2 Å². The highest BCUT2D eigenvalue weighted by Crippen LogP contribution is 2.26. The number of hydrogen-bond acceptors (Lipinski definition) is 3. The molecule has 6 heteroatoms. The lowest BCUT2D eigenvalue weighted by molar-refractivity contribution is -0.116. The van der Waals surface area contributed by atoms with Crippen LogP contribution in [0.25, 0.3) is 0 Å². The quantitative estimate of drug-likeness (QED) is 0.795. The van der Waals surface area contributed by atoms with Crippen molar-refractivity contribution >= 4 is 51.9 Å². The molecule has 0 N–H and O–H groups in total. The summed E-state index contributed by atoms with van der Waals surface area (Å²) >= 11 is 13.0. The molecular formula is C15H13ClN2OS2.